The molecule has 0 heterocycles. The molecule has 5 nitrogen and oxygen atoms in total. The van der Waals surface area contributed by atoms with Gasteiger partial charge >= 0.3 is 0 Å². The van der Waals surface area contributed by atoms with Crippen LogP contribution in [0.25, 0.3) is 0 Å². The zero-order valence-corrected chi connectivity index (χ0v) is 14.4. The number of aryl methyl sites for hydroxylation is 2. The van der Waals surface area contributed by atoms with Gasteiger partial charge in [0.2, 0.25) is 0 Å². The number of hydrogen-bond acceptors (Lipinski definition) is 4. The summed E-state index contributed by atoms with van der Waals surface area (Å²) in [5.41, 5.74) is 3.29. The van der Waals surface area contributed by atoms with Gasteiger partial charge in [0.1, 0.15) is 0 Å². The summed E-state index contributed by atoms with van der Waals surface area (Å²) in [6.07, 6.45) is 0. The maximum Gasteiger partial charge on any atom is 0.262 e. The number of methoxy groups -OCH3 is 1. The van der Waals surface area contributed by atoms with Gasteiger partial charge < -0.3 is 14.8 Å². The quantitative estimate of drug-likeness (QED) is 0.894. The first-order valence-corrected chi connectivity index (χ1v) is 7.60. The Morgan fingerprint density at radius 1 is 1.25 bits per heavy atom. The Balaban J connectivity index is 2.06. The van der Waals surface area contributed by atoms with Gasteiger partial charge in [0, 0.05) is 11.8 Å². The molecule has 0 radical (unpaired) electrons. The second-order valence-corrected chi connectivity index (χ2v) is 5.64. The molecule has 0 fully saturated rings. The van der Waals surface area contributed by atoms with Crippen LogP contribution >= 0.6 is 11.6 Å². The van der Waals surface area contributed by atoms with Crippen molar-refractivity contribution in [3.63, 3.8) is 0 Å². The first-order valence-electron chi connectivity index (χ1n) is 7.22. The second kappa shape index (κ2) is 7.71. The molecule has 0 bridgehead atoms. The number of rotatable bonds is 5. The van der Waals surface area contributed by atoms with Gasteiger partial charge in [-0.05, 0) is 43.2 Å². The van der Waals surface area contributed by atoms with Gasteiger partial charge in [0.05, 0.1) is 23.8 Å². The summed E-state index contributed by atoms with van der Waals surface area (Å²) in [6.45, 7) is 3.75. The number of nitrogens with zero attached hydrogens (tertiary/aromatic N) is 1. The molecule has 1 N–H and O–H groups in total. The molecule has 0 saturated heterocycles. The fourth-order valence-corrected chi connectivity index (χ4v) is 2.34. The third-order valence-corrected chi connectivity index (χ3v) is 3.78. The number of nitriles is 1. The van der Waals surface area contributed by atoms with Crippen molar-refractivity contribution in [2.75, 3.05) is 19.0 Å². The van der Waals surface area contributed by atoms with Crippen LogP contribution in [0, 0.1) is 25.2 Å². The van der Waals surface area contributed by atoms with Gasteiger partial charge in [0.25, 0.3) is 5.91 Å². The van der Waals surface area contributed by atoms with E-state index in [1.807, 2.05) is 38.1 Å². The molecule has 6 heteroatoms. The van der Waals surface area contributed by atoms with Crippen molar-refractivity contribution in [2.45, 2.75) is 13.8 Å². The van der Waals surface area contributed by atoms with Crippen molar-refractivity contribution in [3.8, 4) is 17.6 Å². The molecule has 0 aliphatic heterocycles. The van der Waals surface area contributed by atoms with Crippen LogP contribution in [-0.4, -0.2) is 19.6 Å². The van der Waals surface area contributed by atoms with E-state index >= 15 is 0 Å². The molecule has 2 aromatic carbocycles. The Morgan fingerprint density at radius 3 is 2.62 bits per heavy atom. The molecule has 0 spiro atoms. The van der Waals surface area contributed by atoms with Crippen molar-refractivity contribution in [3.05, 3.63) is 52.0 Å². The first-order chi connectivity index (χ1) is 11.4. The number of carbonyl (C=O) groups excluding carboxylic acids is 1. The van der Waals surface area contributed by atoms with Gasteiger partial charge in [-0.3, -0.25) is 4.79 Å². The maximum atomic E-state index is 12.0. The van der Waals surface area contributed by atoms with Gasteiger partial charge in [-0.1, -0.05) is 17.7 Å². The summed E-state index contributed by atoms with van der Waals surface area (Å²) in [5.74, 6) is 0.215. The number of carbonyl (C=O) groups is 1. The predicted octanol–water partition coefficient (Wildman–Crippen LogP) is 3.85. The van der Waals surface area contributed by atoms with E-state index in [2.05, 4.69) is 5.32 Å². The molecule has 0 aliphatic rings. The summed E-state index contributed by atoms with van der Waals surface area (Å²) in [5, 5.41) is 11.9. The lowest BCUT2D eigenvalue weighted by molar-refractivity contribution is -0.118. The van der Waals surface area contributed by atoms with E-state index in [1.54, 1.807) is 0 Å². The Hall–Kier alpha value is -2.71. The lowest BCUT2D eigenvalue weighted by Gasteiger charge is -2.13. The smallest absolute Gasteiger partial charge is 0.262 e. The van der Waals surface area contributed by atoms with Crippen molar-refractivity contribution in [2.24, 2.45) is 0 Å². The van der Waals surface area contributed by atoms with Crippen LogP contribution in [0.3, 0.4) is 0 Å². The van der Waals surface area contributed by atoms with Crippen LogP contribution in [0.4, 0.5) is 5.69 Å². The number of benzene rings is 2. The lowest BCUT2D eigenvalue weighted by atomic mass is 10.1. The molecular weight excluding hydrogens is 328 g/mol. The van der Waals surface area contributed by atoms with E-state index in [4.69, 9.17) is 26.3 Å². The minimum absolute atomic E-state index is 0.213. The largest absolute Gasteiger partial charge is 0.493 e. The number of hydrogen-bond donors (Lipinski definition) is 1. The molecular formula is C18H17ClN2O3. The average molecular weight is 345 g/mol. The summed E-state index contributed by atoms with van der Waals surface area (Å²) < 4.78 is 10.6. The average Bonchev–Trinajstić information content (AvgIpc) is 2.56. The highest BCUT2D eigenvalue weighted by Gasteiger charge is 2.14. The maximum absolute atomic E-state index is 12.0. The standard InChI is InChI=1S/C18H17ClN2O3/c1-11-4-5-14(6-12(11)2)21-17(22)10-24-18-15(19)7-13(9-20)8-16(18)23-3/h4-8H,10H2,1-3H3,(H,21,22). The third kappa shape index (κ3) is 4.18. The van der Waals surface area contributed by atoms with Crippen LogP contribution in [0.1, 0.15) is 16.7 Å². The van der Waals surface area contributed by atoms with Crippen LogP contribution < -0.4 is 14.8 Å². The molecule has 2 rings (SSSR count). The minimum Gasteiger partial charge on any atom is -0.493 e. The molecule has 0 aromatic heterocycles. The van der Waals surface area contributed by atoms with Crippen molar-refractivity contribution < 1.29 is 14.3 Å². The molecule has 124 valence electrons. The second-order valence-electron chi connectivity index (χ2n) is 5.24. The third-order valence-electron chi connectivity index (χ3n) is 3.50. The highest BCUT2D eigenvalue weighted by molar-refractivity contribution is 6.32. The Morgan fingerprint density at radius 2 is 2.00 bits per heavy atom. The van der Waals surface area contributed by atoms with Crippen LogP contribution in [-0.2, 0) is 4.79 Å². The van der Waals surface area contributed by atoms with E-state index < -0.39 is 0 Å². The molecule has 0 saturated carbocycles. The van der Waals surface area contributed by atoms with E-state index in [0.29, 0.717) is 17.0 Å². The lowest BCUT2D eigenvalue weighted by Crippen LogP contribution is -2.20. The summed E-state index contributed by atoms with van der Waals surface area (Å²) >= 11 is 6.09. The van der Waals surface area contributed by atoms with Gasteiger partial charge in [-0.2, -0.15) is 5.26 Å². The number of nitrogens with one attached hydrogen (secondary N) is 1. The highest BCUT2D eigenvalue weighted by atomic mass is 35.5. The van der Waals surface area contributed by atoms with Gasteiger partial charge in [-0.25, -0.2) is 0 Å². The summed E-state index contributed by atoms with van der Waals surface area (Å²) in [4.78, 5) is 12.0. The summed E-state index contributed by atoms with van der Waals surface area (Å²) in [7, 11) is 1.44. The fourth-order valence-electron chi connectivity index (χ4n) is 2.08. The van der Waals surface area contributed by atoms with E-state index in [-0.39, 0.29) is 23.3 Å². The molecule has 0 atom stereocenters. The van der Waals surface area contributed by atoms with E-state index in [1.165, 1.54) is 19.2 Å². The monoisotopic (exact) mass is 344 g/mol. The van der Waals surface area contributed by atoms with E-state index in [0.717, 1.165) is 11.1 Å². The van der Waals surface area contributed by atoms with Crippen molar-refractivity contribution in [1.29, 1.82) is 5.26 Å². The van der Waals surface area contributed by atoms with Crippen molar-refractivity contribution >= 4 is 23.2 Å². The topological polar surface area (TPSA) is 71.3 Å². The van der Waals surface area contributed by atoms with Gasteiger partial charge in [0.15, 0.2) is 18.1 Å². The van der Waals surface area contributed by atoms with Crippen LogP contribution in [0.15, 0.2) is 30.3 Å². The van der Waals surface area contributed by atoms with E-state index in [9.17, 15) is 4.79 Å². The van der Waals surface area contributed by atoms with Crippen molar-refractivity contribution in [1.82, 2.24) is 0 Å². The zero-order chi connectivity index (χ0) is 17.7. The summed E-state index contributed by atoms with van der Waals surface area (Å²) in [6, 6.07) is 10.6. The van der Waals surface area contributed by atoms with Crippen LogP contribution in [0.5, 0.6) is 11.5 Å². The number of anilines is 1. The Kier molecular flexibility index (Phi) is 5.67. The molecule has 0 aliphatic carbocycles. The molecule has 0 unspecified atom stereocenters. The SMILES string of the molecule is COc1cc(C#N)cc(Cl)c1OCC(=O)Nc1ccc(C)c(C)c1. The Labute approximate surface area is 145 Å². The number of ether oxygens (including phenoxy) is 2. The molecule has 24 heavy (non-hydrogen) atoms. The fraction of sp³-hybridized carbons (Fsp3) is 0.222. The minimum atomic E-state index is -0.319. The first kappa shape index (κ1) is 17.6. The van der Waals surface area contributed by atoms with Gasteiger partial charge in [-0.15, -0.1) is 0 Å². The highest BCUT2D eigenvalue weighted by Crippen LogP contribution is 2.36. The zero-order valence-electron chi connectivity index (χ0n) is 13.6. The predicted molar refractivity (Wildman–Crippen MR) is 92.8 cm³/mol. The number of amides is 1. The Bertz CT molecular complexity index is 813. The van der Waals surface area contributed by atoms with Crippen LogP contribution in [0.2, 0.25) is 5.02 Å². The normalized spacial score (nSPS) is 9.96. The number of halogens is 1. The molecule has 1 amide bonds. The molecule has 2 aromatic rings.